The number of carbonyl (C=O) groups is 2. The van der Waals surface area contributed by atoms with E-state index in [0.717, 1.165) is 22.6 Å². The molecule has 0 saturated carbocycles. The molecule has 0 bridgehead atoms. The molecule has 0 saturated heterocycles. The fraction of sp³-hybridized carbons (Fsp3) is 0.286. The number of benzene rings is 2. The third kappa shape index (κ3) is 4.31. The molecule has 4 rings (SSSR count). The summed E-state index contributed by atoms with van der Waals surface area (Å²) in [5, 5.41) is 4.18. The Hall–Kier alpha value is -3.55. The minimum absolute atomic E-state index is 0.0776. The Morgan fingerprint density at radius 2 is 1.90 bits per heavy atom. The number of carbonyl (C=O) groups excluding carboxylic acids is 2. The lowest BCUT2D eigenvalue weighted by molar-refractivity contribution is -0.118. The summed E-state index contributed by atoms with van der Waals surface area (Å²) in [6.07, 6.45) is 0.635. The molecule has 8 heteroatoms. The van der Waals surface area contributed by atoms with Crippen LogP contribution in [-0.4, -0.2) is 44.0 Å². The quantitative estimate of drug-likeness (QED) is 0.799. The summed E-state index contributed by atoms with van der Waals surface area (Å²) in [5.41, 5.74) is 5.60. The molecule has 2 aliphatic rings. The molecule has 0 radical (unpaired) electrons. The van der Waals surface area contributed by atoms with E-state index in [2.05, 4.69) is 15.7 Å². The zero-order chi connectivity index (χ0) is 20.2. The third-order valence-electron chi connectivity index (χ3n) is 4.65. The number of nitrogens with zero attached hydrogens (tertiary/aromatic N) is 2. The molecule has 2 heterocycles. The number of nitrogens with one attached hydrogen (secondary N) is 2. The Kier molecular flexibility index (Phi) is 5.33. The van der Waals surface area contributed by atoms with Gasteiger partial charge < -0.3 is 14.8 Å². The van der Waals surface area contributed by atoms with Crippen LogP contribution in [0.25, 0.3) is 0 Å². The van der Waals surface area contributed by atoms with Crippen molar-refractivity contribution in [1.82, 2.24) is 10.7 Å². The number of aliphatic imine (C=N–C) groups is 1. The minimum atomic E-state index is -0.354. The van der Waals surface area contributed by atoms with Gasteiger partial charge in [0.25, 0.3) is 11.8 Å². The Morgan fingerprint density at radius 3 is 2.69 bits per heavy atom. The Labute approximate surface area is 168 Å². The van der Waals surface area contributed by atoms with Crippen molar-refractivity contribution in [2.24, 2.45) is 4.99 Å². The highest BCUT2D eigenvalue weighted by Crippen LogP contribution is 2.30. The number of hydrogen-bond donors (Lipinski definition) is 2. The van der Waals surface area contributed by atoms with Crippen molar-refractivity contribution in [1.29, 1.82) is 0 Å². The van der Waals surface area contributed by atoms with Crippen LogP contribution in [0.4, 0.5) is 5.69 Å². The predicted octanol–water partition coefficient (Wildman–Crippen LogP) is 1.37. The number of ether oxygens (including phenoxy) is 2. The van der Waals surface area contributed by atoms with Gasteiger partial charge in [0.15, 0.2) is 11.5 Å². The molecular formula is C21H22N4O4. The zero-order valence-electron chi connectivity index (χ0n) is 16.1. The molecule has 0 atom stereocenters. The number of hydrazine groups is 1. The lowest BCUT2D eigenvalue weighted by atomic mass is 10.1. The molecule has 0 unspecified atom stereocenters. The van der Waals surface area contributed by atoms with Gasteiger partial charge in [-0.2, -0.15) is 0 Å². The third-order valence-corrected chi connectivity index (χ3v) is 4.65. The lowest BCUT2D eigenvalue weighted by Crippen LogP contribution is -2.55. The lowest BCUT2D eigenvalue weighted by Gasteiger charge is -2.27. The first-order valence-corrected chi connectivity index (χ1v) is 9.47. The summed E-state index contributed by atoms with van der Waals surface area (Å²) in [5.74, 6) is 1.01. The highest BCUT2D eigenvalue weighted by molar-refractivity contribution is 6.39. The smallest absolute Gasteiger partial charge is 0.288 e. The van der Waals surface area contributed by atoms with E-state index in [1.165, 1.54) is 5.01 Å². The van der Waals surface area contributed by atoms with Crippen molar-refractivity contribution >= 4 is 23.3 Å². The second-order valence-electron chi connectivity index (χ2n) is 6.83. The number of amidine groups is 1. The largest absolute Gasteiger partial charge is 0.486 e. The molecule has 2 aliphatic heterocycles. The number of amides is 2. The van der Waals surface area contributed by atoms with Crippen molar-refractivity contribution in [2.45, 2.75) is 13.3 Å². The molecule has 0 aliphatic carbocycles. The summed E-state index contributed by atoms with van der Waals surface area (Å²) in [6, 6.07) is 13.2. The molecule has 150 valence electrons. The molecule has 0 aromatic heterocycles. The van der Waals surface area contributed by atoms with E-state index >= 15 is 0 Å². The summed E-state index contributed by atoms with van der Waals surface area (Å²) in [4.78, 5) is 28.7. The number of rotatable bonds is 5. The van der Waals surface area contributed by atoms with E-state index in [1.54, 1.807) is 0 Å². The van der Waals surface area contributed by atoms with Gasteiger partial charge >= 0.3 is 0 Å². The van der Waals surface area contributed by atoms with Crippen LogP contribution in [-0.2, 0) is 16.0 Å². The van der Waals surface area contributed by atoms with E-state index in [1.807, 2.05) is 49.4 Å². The van der Waals surface area contributed by atoms with Crippen LogP contribution in [0, 0.1) is 6.92 Å². The van der Waals surface area contributed by atoms with Crippen LogP contribution in [0.2, 0.25) is 0 Å². The summed E-state index contributed by atoms with van der Waals surface area (Å²) in [6.45, 7) is 3.41. The second-order valence-corrected chi connectivity index (χ2v) is 6.83. The maximum atomic E-state index is 12.5. The van der Waals surface area contributed by atoms with Gasteiger partial charge in [0.1, 0.15) is 19.8 Å². The van der Waals surface area contributed by atoms with Gasteiger partial charge in [0, 0.05) is 6.54 Å². The van der Waals surface area contributed by atoms with Gasteiger partial charge in [-0.25, -0.2) is 5.01 Å². The minimum Gasteiger partial charge on any atom is -0.486 e. The number of anilines is 1. The van der Waals surface area contributed by atoms with Gasteiger partial charge in [-0.1, -0.05) is 23.8 Å². The van der Waals surface area contributed by atoms with Gasteiger partial charge in [-0.3, -0.25) is 20.0 Å². The SMILES string of the molecule is Cc1ccc(N2NC(C(=O)NCCc3ccc4c(c3)OCCO4)=NCC2=O)cc1. The molecule has 2 aromatic carbocycles. The Balaban J connectivity index is 1.33. The first-order valence-electron chi connectivity index (χ1n) is 9.47. The normalized spacial score (nSPS) is 15.4. The highest BCUT2D eigenvalue weighted by atomic mass is 16.6. The van der Waals surface area contributed by atoms with Crippen molar-refractivity contribution in [3.05, 3.63) is 53.6 Å². The standard InChI is InChI=1S/C21H22N4O4/c1-14-2-5-16(6-3-14)25-19(26)13-23-20(24-25)21(27)22-9-8-15-4-7-17-18(12-15)29-11-10-28-17/h2-7,12H,8-11,13H2,1H3,(H,22,27)(H,23,24). The number of fused-ring (bicyclic) bond motifs is 1. The van der Waals surface area contributed by atoms with Crippen LogP contribution < -0.4 is 25.2 Å². The highest BCUT2D eigenvalue weighted by Gasteiger charge is 2.25. The molecule has 2 aromatic rings. The van der Waals surface area contributed by atoms with Crippen LogP contribution in [0.1, 0.15) is 11.1 Å². The van der Waals surface area contributed by atoms with Crippen LogP contribution in [0.5, 0.6) is 11.5 Å². The van der Waals surface area contributed by atoms with Crippen molar-refractivity contribution in [3.63, 3.8) is 0 Å². The fourth-order valence-corrected chi connectivity index (χ4v) is 3.09. The first kappa shape index (κ1) is 18.8. The van der Waals surface area contributed by atoms with Gasteiger partial charge in [0.05, 0.1) is 5.69 Å². The molecule has 8 nitrogen and oxygen atoms in total. The topological polar surface area (TPSA) is 92.3 Å². The monoisotopic (exact) mass is 394 g/mol. The summed E-state index contributed by atoms with van der Waals surface area (Å²) in [7, 11) is 0. The average molecular weight is 394 g/mol. The second kappa shape index (κ2) is 8.22. The van der Waals surface area contributed by atoms with Gasteiger partial charge in [-0.05, 0) is 43.2 Å². The van der Waals surface area contributed by atoms with E-state index in [0.29, 0.717) is 31.9 Å². The fourth-order valence-electron chi connectivity index (χ4n) is 3.09. The maximum absolute atomic E-state index is 12.5. The zero-order valence-corrected chi connectivity index (χ0v) is 16.1. The van der Waals surface area contributed by atoms with Crippen LogP contribution in [0.15, 0.2) is 47.5 Å². The molecule has 0 spiro atoms. The first-order chi connectivity index (χ1) is 14.1. The van der Waals surface area contributed by atoms with Crippen molar-refractivity contribution < 1.29 is 19.1 Å². The van der Waals surface area contributed by atoms with Crippen LogP contribution in [0.3, 0.4) is 0 Å². The van der Waals surface area contributed by atoms with Gasteiger partial charge in [0.2, 0.25) is 5.84 Å². The molecule has 0 fully saturated rings. The van der Waals surface area contributed by atoms with E-state index in [4.69, 9.17) is 9.47 Å². The maximum Gasteiger partial charge on any atom is 0.288 e. The van der Waals surface area contributed by atoms with Gasteiger partial charge in [-0.15, -0.1) is 0 Å². The van der Waals surface area contributed by atoms with E-state index < -0.39 is 0 Å². The Morgan fingerprint density at radius 1 is 1.14 bits per heavy atom. The molecule has 2 N–H and O–H groups in total. The average Bonchev–Trinajstić information content (AvgIpc) is 2.74. The predicted molar refractivity (Wildman–Crippen MR) is 108 cm³/mol. The summed E-state index contributed by atoms with van der Waals surface area (Å²) >= 11 is 0. The van der Waals surface area contributed by atoms with Crippen molar-refractivity contribution in [2.75, 3.05) is 31.3 Å². The van der Waals surface area contributed by atoms with E-state index in [-0.39, 0.29) is 24.2 Å². The number of hydrogen-bond acceptors (Lipinski definition) is 6. The summed E-state index contributed by atoms with van der Waals surface area (Å²) < 4.78 is 11.1. The number of aryl methyl sites for hydroxylation is 1. The van der Waals surface area contributed by atoms with E-state index in [9.17, 15) is 9.59 Å². The van der Waals surface area contributed by atoms with Crippen LogP contribution >= 0.6 is 0 Å². The molecular weight excluding hydrogens is 372 g/mol. The Bertz CT molecular complexity index is 956. The molecule has 29 heavy (non-hydrogen) atoms. The molecule has 2 amide bonds. The van der Waals surface area contributed by atoms with Crippen molar-refractivity contribution in [3.8, 4) is 11.5 Å².